The first-order valence-electron chi connectivity index (χ1n) is 8.44. The van der Waals surface area contributed by atoms with E-state index in [9.17, 15) is 9.59 Å². The SMILES string of the molecule is COCCN1C[C@]23C=C[C@H](O2)[C@@H](C(=O)N(C)Cc2ncc[nH]2)[C@@H]3C1=O. The lowest BCUT2D eigenvalue weighted by Gasteiger charge is -2.27. The fourth-order valence-corrected chi connectivity index (χ4v) is 4.19. The first kappa shape index (κ1) is 16.3. The maximum atomic E-state index is 13.0. The predicted octanol–water partition coefficient (Wildman–Crippen LogP) is -0.203. The van der Waals surface area contributed by atoms with Crippen molar-refractivity contribution in [2.24, 2.45) is 11.8 Å². The van der Waals surface area contributed by atoms with Crippen molar-refractivity contribution in [3.63, 3.8) is 0 Å². The molecule has 25 heavy (non-hydrogen) atoms. The van der Waals surface area contributed by atoms with Crippen LogP contribution in [0.25, 0.3) is 0 Å². The Hall–Kier alpha value is -2.19. The molecule has 0 saturated carbocycles. The van der Waals surface area contributed by atoms with Crippen LogP contribution in [0.3, 0.4) is 0 Å². The summed E-state index contributed by atoms with van der Waals surface area (Å²) in [4.78, 5) is 36.4. The number of aromatic nitrogens is 2. The van der Waals surface area contributed by atoms with Gasteiger partial charge in [-0.25, -0.2) is 4.98 Å². The molecule has 4 heterocycles. The highest BCUT2D eigenvalue weighted by Gasteiger charge is 2.66. The van der Waals surface area contributed by atoms with Crippen LogP contribution in [0.1, 0.15) is 5.82 Å². The fraction of sp³-hybridized carbons (Fsp3) is 0.588. The number of rotatable bonds is 6. The minimum Gasteiger partial charge on any atom is -0.383 e. The van der Waals surface area contributed by atoms with E-state index in [1.165, 1.54) is 0 Å². The van der Waals surface area contributed by atoms with E-state index in [0.717, 1.165) is 0 Å². The summed E-state index contributed by atoms with van der Waals surface area (Å²) in [5, 5.41) is 0. The van der Waals surface area contributed by atoms with Gasteiger partial charge in [-0.15, -0.1) is 0 Å². The number of likely N-dealkylation sites (tertiary alicyclic amines) is 1. The van der Waals surface area contributed by atoms with Gasteiger partial charge < -0.3 is 24.3 Å². The number of nitrogens with zero attached hydrogens (tertiary/aromatic N) is 3. The van der Waals surface area contributed by atoms with Crippen LogP contribution in [0.15, 0.2) is 24.5 Å². The molecule has 8 nitrogen and oxygen atoms in total. The summed E-state index contributed by atoms with van der Waals surface area (Å²) in [6.07, 6.45) is 6.93. The monoisotopic (exact) mass is 346 g/mol. The summed E-state index contributed by atoms with van der Waals surface area (Å²) >= 11 is 0. The Morgan fingerprint density at radius 2 is 2.44 bits per heavy atom. The Morgan fingerprint density at radius 3 is 3.16 bits per heavy atom. The number of fused-ring (bicyclic) bond motifs is 1. The van der Waals surface area contributed by atoms with Crippen molar-refractivity contribution >= 4 is 11.8 Å². The average Bonchev–Trinajstić information content (AvgIpc) is 3.35. The summed E-state index contributed by atoms with van der Waals surface area (Å²) in [7, 11) is 3.34. The van der Waals surface area contributed by atoms with Crippen LogP contribution in [0.5, 0.6) is 0 Å². The van der Waals surface area contributed by atoms with Gasteiger partial charge in [-0.2, -0.15) is 0 Å². The van der Waals surface area contributed by atoms with Gasteiger partial charge in [-0.1, -0.05) is 12.2 Å². The summed E-state index contributed by atoms with van der Waals surface area (Å²) < 4.78 is 11.2. The second kappa shape index (κ2) is 5.96. The Labute approximate surface area is 145 Å². The smallest absolute Gasteiger partial charge is 0.230 e. The molecule has 3 aliphatic rings. The third kappa shape index (κ3) is 2.47. The zero-order chi connectivity index (χ0) is 17.6. The molecule has 2 fully saturated rings. The first-order chi connectivity index (χ1) is 12.1. The van der Waals surface area contributed by atoms with Crippen molar-refractivity contribution in [3.05, 3.63) is 30.4 Å². The van der Waals surface area contributed by atoms with Gasteiger partial charge >= 0.3 is 0 Å². The molecule has 2 saturated heterocycles. The molecular formula is C17H22N4O4. The second-order valence-electron chi connectivity index (χ2n) is 6.88. The van der Waals surface area contributed by atoms with Gasteiger partial charge in [0.15, 0.2) is 0 Å². The van der Waals surface area contributed by atoms with E-state index >= 15 is 0 Å². The minimum absolute atomic E-state index is 0.0198. The van der Waals surface area contributed by atoms with E-state index in [2.05, 4.69) is 9.97 Å². The van der Waals surface area contributed by atoms with E-state index in [1.807, 2.05) is 12.2 Å². The van der Waals surface area contributed by atoms with Gasteiger partial charge in [-0.05, 0) is 0 Å². The molecule has 1 aromatic heterocycles. The quantitative estimate of drug-likeness (QED) is 0.721. The van der Waals surface area contributed by atoms with E-state index in [4.69, 9.17) is 9.47 Å². The molecule has 2 bridgehead atoms. The average molecular weight is 346 g/mol. The first-order valence-corrected chi connectivity index (χ1v) is 8.44. The number of hydrogen-bond donors (Lipinski definition) is 1. The number of H-pyrrole nitrogens is 1. The van der Waals surface area contributed by atoms with Crippen LogP contribution in [0, 0.1) is 11.8 Å². The summed E-state index contributed by atoms with van der Waals surface area (Å²) in [5.41, 5.74) is -0.665. The van der Waals surface area contributed by atoms with E-state index < -0.39 is 17.4 Å². The van der Waals surface area contributed by atoms with Crippen LogP contribution >= 0.6 is 0 Å². The molecule has 1 N–H and O–H groups in total. The zero-order valence-corrected chi connectivity index (χ0v) is 14.3. The number of aromatic amines is 1. The van der Waals surface area contributed by atoms with E-state index in [1.54, 1.807) is 36.4 Å². The molecule has 0 aliphatic carbocycles. The molecule has 0 aromatic carbocycles. The van der Waals surface area contributed by atoms with Crippen molar-refractivity contribution in [3.8, 4) is 0 Å². The largest absolute Gasteiger partial charge is 0.383 e. The number of ether oxygens (including phenoxy) is 2. The third-order valence-corrected chi connectivity index (χ3v) is 5.35. The van der Waals surface area contributed by atoms with Crippen molar-refractivity contribution in [2.75, 3.05) is 33.9 Å². The van der Waals surface area contributed by atoms with E-state index in [0.29, 0.717) is 32.1 Å². The Kier molecular flexibility index (Phi) is 3.88. The van der Waals surface area contributed by atoms with Gasteiger partial charge in [0.1, 0.15) is 11.4 Å². The molecule has 0 radical (unpaired) electrons. The highest BCUT2D eigenvalue weighted by Crippen LogP contribution is 2.52. The number of methoxy groups -OCH3 is 1. The molecule has 8 heteroatoms. The van der Waals surface area contributed by atoms with E-state index in [-0.39, 0.29) is 17.9 Å². The zero-order valence-electron chi connectivity index (χ0n) is 14.3. The number of carbonyl (C=O) groups excluding carboxylic acids is 2. The maximum absolute atomic E-state index is 13.0. The fourth-order valence-electron chi connectivity index (χ4n) is 4.19. The van der Waals surface area contributed by atoms with Gasteiger partial charge in [0, 0.05) is 33.1 Å². The molecule has 0 unspecified atom stereocenters. The van der Waals surface area contributed by atoms with Crippen LogP contribution < -0.4 is 0 Å². The molecule has 1 spiro atoms. The minimum atomic E-state index is -0.665. The third-order valence-electron chi connectivity index (χ3n) is 5.35. The molecule has 4 atom stereocenters. The molecular weight excluding hydrogens is 324 g/mol. The van der Waals surface area contributed by atoms with Crippen LogP contribution in [0.4, 0.5) is 0 Å². The van der Waals surface area contributed by atoms with Crippen molar-refractivity contribution in [2.45, 2.75) is 18.2 Å². The topological polar surface area (TPSA) is 87.8 Å². The molecule has 134 valence electrons. The highest BCUT2D eigenvalue weighted by atomic mass is 16.5. The Morgan fingerprint density at radius 1 is 1.60 bits per heavy atom. The normalized spacial score (nSPS) is 32.5. The summed E-state index contributed by atoms with van der Waals surface area (Å²) in [6.45, 7) is 1.84. The number of hydrogen-bond acceptors (Lipinski definition) is 5. The van der Waals surface area contributed by atoms with Crippen molar-refractivity contribution in [1.29, 1.82) is 0 Å². The number of nitrogens with one attached hydrogen (secondary N) is 1. The lowest BCUT2D eigenvalue weighted by atomic mass is 9.76. The van der Waals surface area contributed by atoms with Crippen molar-refractivity contribution < 1.29 is 19.1 Å². The predicted molar refractivity (Wildman–Crippen MR) is 87.2 cm³/mol. The van der Waals surface area contributed by atoms with Crippen molar-refractivity contribution in [1.82, 2.24) is 19.8 Å². The van der Waals surface area contributed by atoms with Crippen LogP contribution in [-0.4, -0.2) is 77.1 Å². The molecule has 1 aromatic rings. The lowest BCUT2D eigenvalue weighted by Crippen LogP contribution is -2.44. The highest BCUT2D eigenvalue weighted by molar-refractivity contribution is 5.92. The molecule has 2 amide bonds. The Bertz CT molecular complexity index is 704. The van der Waals surface area contributed by atoms with Crippen LogP contribution in [0.2, 0.25) is 0 Å². The summed E-state index contributed by atoms with van der Waals surface area (Å²) in [6, 6.07) is 0. The maximum Gasteiger partial charge on any atom is 0.230 e. The lowest BCUT2D eigenvalue weighted by molar-refractivity contribution is -0.143. The standard InChI is InChI=1S/C17H22N4O4/c1-20(9-12-18-5-6-19-12)15(22)13-11-3-4-17(25-11)10-21(7-8-24-2)16(23)14(13)17/h3-6,11,13-14H,7-10H2,1-2H3,(H,18,19)/t11-,13+,14+,17-/m0/s1. The van der Waals surface area contributed by atoms with Gasteiger partial charge in [0.2, 0.25) is 11.8 Å². The molecule has 3 aliphatic heterocycles. The van der Waals surface area contributed by atoms with Gasteiger partial charge in [0.05, 0.1) is 37.6 Å². The second-order valence-corrected chi connectivity index (χ2v) is 6.88. The van der Waals surface area contributed by atoms with Crippen LogP contribution in [-0.2, 0) is 25.6 Å². The Balaban J connectivity index is 1.53. The number of amides is 2. The molecule has 4 rings (SSSR count). The number of carbonyl (C=O) groups is 2. The van der Waals surface area contributed by atoms with Gasteiger partial charge in [0.25, 0.3) is 0 Å². The van der Waals surface area contributed by atoms with Gasteiger partial charge in [-0.3, -0.25) is 9.59 Å². The number of imidazole rings is 1. The summed E-state index contributed by atoms with van der Waals surface area (Å²) in [5.74, 6) is -0.325.